The first-order valence-corrected chi connectivity index (χ1v) is 8.19. The average Bonchev–Trinajstić information content (AvgIpc) is 2.53. The van der Waals surface area contributed by atoms with Gasteiger partial charge in [0.1, 0.15) is 5.78 Å². The van der Waals surface area contributed by atoms with E-state index >= 15 is 0 Å². The Kier molecular flexibility index (Phi) is 8.90. The lowest BCUT2D eigenvalue weighted by molar-refractivity contribution is -0.120. The summed E-state index contributed by atoms with van der Waals surface area (Å²) in [6.45, 7) is 5.96. The second kappa shape index (κ2) is 10.8. The molecule has 22 heavy (non-hydrogen) atoms. The number of benzene rings is 2. The number of carbonyl (C=O) groups is 1. The fourth-order valence-electron chi connectivity index (χ4n) is 2.33. The minimum atomic E-state index is 0.215. The summed E-state index contributed by atoms with van der Waals surface area (Å²) >= 11 is 0. The van der Waals surface area contributed by atoms with Gasteiger partial charge >= 0.3 is 0 Å². The normalized spacial score (nSPS) is 11.2. The smallest absolute Gasteiger partial charge is 0.133 e. The molecular weight excluding hydrogens is 268 g/mol. The van der Waals surface area contributed by atoms with E-state index in [1.165, 1.54) is 17.5 Å². The molecule has 0 fully saturated rings. The van der Waals surface area contributed by atoms with E-state index in [9.17, 15) is 4.79 Å². The van der Waals surface area contributed by atoms with Crippen LogP contribution in [0.5, 0.6) is 0 Å². The molecule has 2 aromatic carbocycles. The predicted molar refractivity (Wildman–Crippen MR) is 95.0 cm³/mol. The third kappa shape index (κ3) is 7.78. The van der Waals surface area contributed by atoms with Crippen molar-refractivity contribution in [1.29, 1.82) is 0 Å². The Morgan fingerprint density at radius 2 is 1.50 bits per heavy atom. The summed E-state index contributed by atoms with van der Waals surface area (Å²) in [4.78, 5) is 11.5. The zero-order valence-corrected chi connectivity index (χ0v) is 14.1. The highest BCUT2D eigenvalue weighted by Gasteiger charge is 2.13. The van der Waals surface area contributed by atoms with E-state index in [1.807, 2.05) is 36.4 Å². The van der Waals surface area contributed by atoms with Gasteiger partial charge in [-0.3, -0.25) is 4.79 Å². The number of ketones is 1. The van der Waals surface area contributed by atoms with E-state index in [2.05, 4.69) is 38.1 Å². The second-order valence-electron chi connectivity index (χ2n) is 5.79. The maximum absolute atomic E-state index is 11.5. The third-order valence-corrected chi connectivity index (χ3v) is 3.75. The van der Waals surface area contributed by atoms with Gasteiger partial charge in [0.15, 0.2) is 0 Å². The van der Waals surface area contributed by atoms with Gasteiger partial charge in [-0.2, -0.15) is 0 Å². The number of hydrogen-bond acceptors (Lipinski definition) is 1. The van der Waals surface area contributed by atoms with Gasteiger partial charge in [-0.25, -0.2) is 0 Å². The van der Waals surface area contributed by atoms with E-state index in [0.717, 1.165) is 19.3 Å². The van der Waals surface area contributed by atoms with Gasteiger partial charge in [0.05, 0.1) is 0 Å². The molecule has 0 spiro atoms. The molecule has 0 N–H and O–H groups in total. The molecule has 2 rings (SSSR count). The highest BCUT2D eigenvalue weighted by molar-refractivity contribution is 5.78. The van der Waals surface area contributed by atoms with Gasteiger partial charge in [-0.15, -0.1) is 0 Å². The summed E-state index contributed by atoms with van der Waals surface area (Å²) in [7, 11) is 0. The number of carbonyl (C=O) groups excluding carboxylic acids is 1. The molecule has 118 valence electrons. The van der Waals surface area contributed by atoms with Gasteiger partial charge in [0.25, 0.3) is 0 Å². The largest absolute Gasteiger partial charge is 0.300 e. The molecule has 1 atom stereocenters. The van der Waals surface area contributed by atoms with Gasteiger partial charge in [0.2, 0.25) is 0 Å². The van der Waals surface area contributed by atoms with Crippen LogP contribution in [0.1, 0.15) is 44.2 Å². The minimum absolute atomic E-state index is 0.215. The van der Waals surface area contributed by atoms with E-state index < -0.39 is 0 Å². The standard InChI is InChI=1S/C14H20O.C7H8/c1-3-4-10-14(12(2)15)11-13-8-6-5-7-9-13;1-7-5-3-2-4-6-7/h5-9,14H,3-4,10-11H2,1-2H3;2-6H,1H3. The lowest BCUT2D eigenvalue weighted by atomic mass is 9.91. The third-order valence-electron chi connectivity index (χ3n) is 3.75. The number of unbranched alkanes of at least 4 members (excludes halogenated alkanes) is 1. The molecule has 0 bridgehead atoms. The molecule has 0 saturated carbocycles. The topological polar surface area (TPSA) is 17.1 Å². The molecule has 0 amide bonds. The second-order valence-corrected chi connectivity index (χ2v) is 5.79. The van der Waals surface area contributed by atoms with Crippen LogP contribution in [0.3, 0.4) is 0 Å². The van der Waals surface area contributed by atoms with Crippen molar-refractivity contribution in [3.8, 4) is 0 Å². The van der Waals surface area contributed by atoms with Crippen LogP contribution >= 0.6 is 0 Å². The van der Waals surface area contributed by atoms with E-state index in [-0.39, 0.29) is 5.92 Å². The zero-order chi connectivity index (χ0) is 16.2. The van der Waals surface area contributed by atoms with Gasteiger partial charge in [-0.1, -0.05) is 86.0 Å². The highest BCUT2D eigenvalue weighted by Crippen LogP contribution is 2.16. The Labute approximate surface area is 135 Å². The predicted octanol–water partition coefficient (Wildman–Crippen LogP) is 5.62. The Morgan fingerprint density at radius 1 is 0.955 bits per heavy atom. The lowest BCUT2D eigenvalue weighted by Crippen LogP contribution is -2.13. The van der Waals surface area contributed by atoms with Gasteiger partial charge < -0.3 is 0 Å². The molecule has 1 heteroatoms. The summed E-state index contributed by atoms with van der Waals surface area (Å²) in [6, 6.07) is 20.5. The molecule has 1 nitrogen and oxygen atoms in total. The SMILES string of the molecule is CCCCC(Cc1ccccc1)C(C)=O.Cc1ccccc1. The van der Waals surface area contributed by atoms with E-state index in [1.54, 1.807) is 6.92 Å². The fraction of sp³-hybridized carbons (Fsp3) is 0.381. The Balaban J connectivity index is 0.000000287. The lowest BCUT2D eigenvalue weighted by Gasteiger charge is -2.12. The van der Waals surface area contributed by atoms with Gasteiger partial charge in [-0.05, 0) is 32.3 Å². The van der Waals surface area contributed by atoms with Crippen molar-refractivity contribution in [1.82, 2.24) is 0 Å². The van der Waals surface area contributed by atoms with Crippen LogP contribution in [0.15, 0.2) is 60.7 Å². The van der Waals surface area contributed by atoms with Crippen molar-refractivity contribution < 1.29 is 4.79 Å². The molecule has 0 heterocycles. The Morgan fingerprint density at radius 3 is 1.91 bits per heavy atom. The maximum atomic E-state index is 11.5. The fourth-order valence-corrected chi connectivity index (χ4v) is 2.33. The van der Waals surface area contributed by atoms with E-state index in [4.69, 9.17) is 0 Å². The van der Waals surface area contributed by atoms with Crippen LogP contribution in [-0.4, -0.2) is 5.78 Å². The van der Waals surface area contributed by atoms with E-state index in [0.29, 0.717) is 5.78 Å². The first kappa shape index (κ1) is 18.2. The first-order valence-electron chi connectivity index (χ1n) is 8.19. The Bertz CT molecular complexity index is 516. The quantitative estimate of drug-likeness (QED) is 0.676. The average molecular weight is 296 g/mol. The summed E-state index contributed by atoms with van der Waals surface area (Å²) in [6.07, 6.45) is 4.24. The van der Waals surface area contributed by atoms with Crippen LogP contribution in [0.4, 0.5) is 0 Å². The van der Waals surface area contributed by atoms with Crippen LogP contribution in [0.2, 0.25) is 0 Å². The van der Waals surface area contributed by atoms with Crippen molar-refractivity contribution in [3.05, 3.63) is 71.8 Å². The highest BCUT2D eigenvalue weighted by atomic mass is 16.1. The van der Waals surface area contributed by atoms with Crippen molar-refractivity contribution in [3.63, 3.8) is 0 Å². The zero-order valence-electron chi connectivity index (χ0n) is 14.1. The number of Topliss-reactive ketones (excluding diaryl/α,β-unsaturated/α-hetero) is 1. The molecule has 0 radical (unpaired) electrons. The summed E-state index contributed by atoms with van der Waals surface area (Å²) in [5, 5.41) is 0. The monoisotopic (exact) mass is 296 g/mol. The van der Waals surface area contributed by atoms with Crippen LogP contribution in [0.25, 0.3) is 0 Å². The number of hydrogen-bond donors (Lipinski definition) is 0. The molecule has 1 unspecified atom stereocenters. The molecule has 0 aromatic heterocycles. The van der Waals surface area contributed by atoms with Crippen LogP contribution < -0.4 is 0 Å². The van der Waals surface area contributed by atoms with Crippen molar-refractivity contribution >= 4 is 5.78 Å². The summed E-state index contributed by atoms with van der Waals surface area (Å²) in [5.41, 5.74) is 2.59. The minimum Gasteiger partial charge on any atom is -0.300 e. The van der Waals surface area contributed by atoms with Crippen LogP contribution in [-0.2, 0) is 11.2 Å². The van der Waals surface area contributed by atoms with Crippen LogP contribution in [0, 0.1) is 12.8 Å². The van der Waals surface area contributed by atoms with Gasteiger partial charge in [0, 0.05) is 5.92 Å². The molecule has 0 aliphatic heterocycles. The Hall–Kier alpha value is -1.89. The number of aryl methyl sites for hydroxylation is 1. The molecule has 0 saturated heterocycles. The summed E-state index contributed by atoms with van der Waals surface area (Å²) in [5.74, 6) is 0.541. The van der Waals surface area contributed by atoms with Crippen molar-refractivity contribution in [2.24, 2.45) is 5.92 Å². The molecular formula is C21H28O. The van der Waals surface area contributed by atoms with Crippen molar-refractivity contribution in [2.45, 2.75) is 46.5 Å². The molecule has 2 aromatic rings. The summed E-state index contributed by atoms with van der Waals surface area (Å²) < 4.78 is 0. The maximum Gasteiger partial charge on any atom is 0.133 e. The number of rotatable bonds is 6. The first-order chi connectivity index (χ1) is 10.6. The van der Waals surface area contributed by atoms with Crippen molar-refractivity contribution in [2.75, 3.05) is 0 Å². The molecule has 0 aliphatic carbocycles. The molecule has 0 aliphatic rings.